The summed E-state index contributed by atoms with van der Waals surface area (Å²) < 4.78 is 0. The molecule has 0 unspecified atom stereocenters. The molecule has 3 aromatic rings. The van der Waals surface area contributed by atoms with Crippen molar-refractivity contribution in [2.75, 3.05) is 5.32 Å². The molecule has 3 rings (SSSR count). The SMILES string of the molecule is N#CC(=CNc1ccc(Cl)cc1)c1nc(-c2ccc(Cl)cc2Cl)cs1. The first-order chi connectivity index (χ1) is 12.1. The zero-order valence-electron chi connectivity index (χ0n) is 12.6. The van der Waals surface area contributed by atoms with E-state index >= 15 is 0 Å². The Morgan fingerprint density at radius 2 is 1.80 bits per heavy atom. The van der Waals surface area contributed by atoms with Crippen LogP contribution < -0.4 is 5.32 Å². The molecule has 124 valence electrons. The third-order valence-corrected chi connectivity index (χ3v) is 4.96. The van der Waals surface area contributed by atoms with Crippen molar-refractivity contribution in [3.8, 4) is 17.3 Å². The van der Waals surface area contributed by atoms with Crippen LogP contribution in [0.5, 0.6) is 0 Å². The molecule has 1 N–H and O–H groups in total. The van der Waals surface area contributed by atoms with Gasteiger partial charge in [-0.25, -0.2) is 4.98 Å². The van der Waals surface area contributed by atoms with Crippen molar-refractivity contribution in [3.63, 3.8) is 0 Å². The Kier molecular flexibility index (Phi) is 5.62. The van der Waals surface area contributed by atoms with Gasteiger partial charge in [0.2, 0.25) is 0 Å². The normalized spacial score (nSPS) is 11.2. The van der Waals surface area contributed by atoms with Gasteiger partial charge in [-0.3, -0.25) is 0 Å². The first kappa shape index (κ1) is 17.8. The lowest BCUT2D eigenvalue weighted by Gasteiger charge is -2.02. The highest BCUT2D eigenvalue weighted by Gasteiger charge is 2.11. The van der Waals surface area contributed by atoms with Gasteiger partial charge in [0.1, 0.15) is 16.6 Å². The molecule has 0 amide bonds. The van der Waals surface area contributed by atoms with Crippen molar-refractivity contribution in [1.82, 2.24) is 4.98 Å². The zero-order valence-corrected chi connectivity index (χ0v) is 15.7. The largest absolute Gasteiger partial charge is 0.360 e. The number of aromatic nitrogens is 1. The lowest BCUT2D eigenvalue weighted by atomic mass is 10.2. The first-order valence-corrected chi connectivity index (χ1v) is 9.12. The minimum atomic E-state index is 0.427. The quantitative estimate of drug-likeness (QED) is 0.488. The van der Waals surface area contributed by atoms with Gasteiger partial charge in [0.05, 0.1) is 10.7 Å². The zero-order chi connectivity index (χ0) is 17.8. The van der Waals surface area contributed by atoms with Gasteiger partial charge in [0.25, 0.3) is 0 Å². The van der Waals surface area contributed by atoms with E-state index in [0.29, 0.717) is 31.3 Å². The number of benzene rings is 2. The minimum Gasteiger partial charge on any atom is -0.360 e. The standard InChI is InChI=1S/C18H10Cl3N3S/c19-12-1-4-14(5-2-12)23-9-11(8-22)18-24-17(10-25-18)15-6-3-13(20)7-16(15)21/h1-7,9-10,23H. The molecule has 0 atom stereocenters. The molecule has 25 heavy (non-hydrogen) atoms. The summed E-state index contributed by atoms with van der Waals surface area (Å²) in [5, 5.41) is 16.7. The predicted molar refractivity (Wildman–Crippen MR) is 106 cm³/mol. The molecule has 1 aromatic heterocycles. The third-order valence-electron chi connectivity index (χ3n) is 3.29. The molecule has 0 aliphatic heterocycles. The van der Waals surface area contributed by atoms with Gasteiger partial charge in [0, 0.05) is 32.9 Å². The highest BCUT2D eigenvalue weighted by molar-refractivity contribution is 7.11. The van der Waals surface area contributed by atoms with E-state index in [1.807, 2.05) is 23.6 Å². The van der Waals surface area contributed by atoms with Crippen LogP contribution in [0.15, 0.2) is 54.0 Å². The molecule has 3 nitrogen and oxygen atoms in total. The van der Waals surface area contributed by atoms with Crippen LogP contribution in [0, 0.1) is 11.3 Å². The fourth-order valence-electron chi connectivity index (χ4n) is 2.06. The summed E-state index contributed by atoms with van der Waals surface area (Å²) in [6.07, 6.45) is 1.62. The topological polar surface area (TPSA) is 48.7 Å². The van der Waals surface area contributed by atoms with Gasteiger partial charge in [-0.2, -0.15) is 5.26 Å². The highest BCUT2D eigenvalue weighted by Crippen LogP contribution is 2.32. The van der Waals surface area contributed by atoms with Crippen molar-refractivity contribution >= 4 is 57.4 Å². The van der Waals surface area contributed by atoms with E-state index in [2.05, 4.69) is 16.4 Å². The molecule has 0 aliphatic rings. The van der Waals surface area contributed by atoms with Crippen molar-refractivity contribution < 1.29 is 0 Å². The van der Waals surface area contributed by atoms with E-state index in [4.69, 9.17) is 34.8 Å². The van der Waals surface area contributed by atoms with Crippen LogP contribution in [-0.2, 0) is 0 Å². The molecule has 0 saturated heterocycles. The average molecular weight is 407 g/mol. The van der Waals surface area contributed by atoms with Crippen molar-refractivity contribution in [3.05, 3.63) is 74.1 Å². The molecule has 1 heterocycles. The van der Waals surface area contributed by atoms with E-state index in [1.165, 1.54) is 11.3 Å². The molecule has 7 heteroatoms. The van der Waals surface area contributed by atoms with Gasteiger partial charge in [-0.05, 0) is 42.5 Å². The van der Waals surface area contributed by atoms with Gasteiger partial charge in [-0.1, -0.05) is 34.8 Å². The molecule has 2 aromatic carbocycles. The summed E-state index contributed by atoms with van der Waals surface area (Å²) in [6, 6.07) is 14.6. The maximum absolute atomic E-state index is 9.42. The van der Waals surface area contributed by atoms with Crippen molar-refractivity contribution in [1.29, 1.82) is 5.26 Å². The van der Waals surface area contributed by atoms with Gasteiger partial charge >= 0.3 is 0 Å². The Hall–Kier alpha value is -2.03. The summed E-state index contributed by atoms with van der Waals surface area (Å²) in [5.74, 6) is 0. The number of nitrogens with one attached hydrogen (secondary N) is 1. The van der Waals surface area contributed by atoms with Crippen LogP contribution in [0.25, 0.3) is 16.8 Å². The Balaban J connectivity index is 1.85. The smallest absolute Gasteiger partial charge is 0.136 e. The van der Waals surface area contributed by atoms with E-state index in [0.717, 1.165) is 11.3 Å². The number of allylic oxidation sites excluding steroid dienone is 1. The second-order valence-electron chi connectivity index (χ2n) is 4.98. The molecule has 0 aliphatic carbocycles. The monoisotopic (exact) mass is 405 g/mol. The Morgan fingerprint density at radius 1 is 1.08 bits per heavy atom. The number of thiazole rings is 1. The van der Waals surface area contributed by atoms with Gasteiger partial charge in [-0.15, -0.1) is 11.3 Å². The fraction of sp³-hybridized carbons (Fsp3) is 0. The maximum Gasteiger partial charge on any atom is 0.136 e. The molecular weight excluding hydrogens is 397 g/mol. The lowest BCUT2D eigenvalue weighted by Crippen LogP contribution is -1.91. The van der Waals surface area contributed by atoms with E-state index < -0.39 is 0 Å². The molecule has 0 saturated carbocycles. The number of nitriles is 1. The Bertz CT molecular complexity index is 972. The minimum absolute atomic E-state index is 0.427. The average Bonchev–Trinajstić information content (AvgIpc) is 3.06. The number of hydrogen-bond acceptors (Lipinski definition) is 4. The second kappa shape index (κ2) is 7.90. The summed E-state index contributed by atoms with van der Waals surface area (Å²) in [6.45, 7) is 0. The Labute approximate surface area is 164 Å². The highest BCUT2D eigenvalue weighted by atomic mass is 35.5. The molecule has 0 spiro atoms. The third kappa shape index (κ3) is 4.33. The van der Waals surface area contributed by atoms with Crippen molar-refractivity contribution in [2.45, 2.75) is 0 Å². The van der Waals surface area contributed by atoms with Crippen molar-refractivity contribution in [2.24, 2.45) is 0 Å². The number of halogens is 3. The van der Waals surface area contributed by atoms with E-state index in [1.54, 1.807) is 30.5 Å². The van der Waals surface area contributed by atoms with Crippen LogP contribution in [0.2, 0.25) is 15.1 Å². The number of rotatable bonds is 4. The maximum atomic E-state index is 9.42. The van der Waals surface area contributed by atoms with E-state index in [9.17, 15) is 5.26 Å². The molecule has 0 radical (unpaired) electrons. The number of anilines is 1. The van der Waals surface area contributed by atoms with Crippen LogP contribution >= 0.6 is 46.1 Å². The summed E-state index contributed by atoms with van der Waals surface area (Å²) in [5.41, 5.74) is 2.73. The lowest BCUT2D eigenvalue weighted by molar-refractivity contribution is 1.36. The summed E-state index contributed by atoms with van der Waals surface area (Å²) in [4.78, 5) is 4.51. The molecule has 0 bridgehead atoms. The molecule has 0 fully saturated rings. The van der Waals surface area contributed by atoms with Crippen LogP contribution in [0.1, 0.15) is 5.01 Å². The second-order valence-corrected chi connectivity index (χ2v) is 7.12. The summed E-state index contributed by atoms with van der Waals surface area (Å²) >= 11 is 19.4. The molecular formula is C18H10Cl3N3S. The fourth-order valence-corrected chi connectivity index (χ4v) is 3.48. The van der Waals surface area contributed by atoms with Crippen LogP contribution in [0.3, 0.4) is 0 Å². The van der Waals surface area contributed by atoms with E-state index in [-0.39, 0.29) is 0 Å². The first-order valence-electron chi connectivity index (χ1n) is 7.10. The number of nitrogens with zero attached hydrogens (tertiary/aromatic N) is 2. The van der Waals surface area contributed by atoms with Crippen LogP contribution in [0.4, 0.5) is 5.69 Å². The van der Waals surface area contributed by atoms with Crippen LogP contribution in [-0.4, -0.2) is 4.98 Å². The number of hydrogen-bond donors (Lipinski definition) is 1. The Morgan fingerprint density at radius 3 is 2.48 bits per heavy atom. The predicted octanol–water partition coefficient (Wildman–Crippen LogP) is 6.75. The summed E-state index contributed by atoms with van der Waals surface area (Å²) in [7, 11) is 0. The van der Waals surface area contributed by atoms with Gasteiger partial charge < -0.3 is 5.32 Å². The van der Waals surface area contributed by atoms with Gasteiger partial charge in [0.15, 0.2) is 0 Å².